The standard InChI is InChI=1S/C16H17NO3/c1-11-4-2-3-5-13(11)17-16(20)9-7-12-6-8-14(18)15(19)10-12/h2-6,8,10,18-19H,7,9H2,1H3,(H,17,20). The summed E-state index contributed by atoms with van der Waals surface area (Å²) >= 11 is 0. The molecule has 0 saturated heterocycles. The van der Waals surface area contributed by atoms with Gasteiger partial charge in [-0.1, -0.05) is 24.3 Å². The van der Waals surface area contributed by atoms with E-state index < -0.39 is 0 Å². The molecule has 0 atom stereocenters. The van der Waals surface area contributed by atoms with Crippen LogP contribution in [0, 0.1) is 6.92 Å². The lowest BCUT2D eigenvalue weighted by Crippen LogP contribution is -2.13. The highest BCUT2D eigenvalue weighted by atomic mass is 16.3. The zero-order valence-electron chi connectivity index (χ0n) is 11.3. The van der Waals surface area contributed by atoms with E-state index in [0.29, 0.717) is 12.8 Å². The number of anilines is 1. The van der Waals surface area contributed by atoms with Gasteiger partial charge >= 0.3 is 0 Å². The van der Waals surface area contributed by atoms with E-state index in [1.807, 2.05) is 31.2 Å². The Morgan fingerprint density at radius 1 is 1.10 bits per heavy atom. The van der Waals surface area contributed by atoms with Crippen LogP contribution in [0.1, 0.15) is 17.5 Å². The monoisotopic (exact) mass is 271 g/mol. The normalized spacial score (nSPS) is 10.2. The lowest BCUT2D eigenvalue weighted by Gasteiger charge is -2.08. The minimum Gasteiger partial charge on any atom is -0.504 e. The van der Waals surface area contributed by atoms with Crippen molar-refractivity contribution in [1.29, 1.82) is 0 Å². The molecule has 1 amide bonds. The Labute approximate surface area is 117 Å². The number of nitrogens with one attached hydrogen (secondary N) is 1. The van der Waals surface area contributed by atoms with Crippen molar-refractivity contribution >= 4 is 11.6 Å². The summed E-state index contributed by atoms with van der Waals surface area (Å²) in [7, 11) is 0. The predicted molar refractivity (Wildman–Crippen MR) is 77.9 cm³/mol. The number of phenolic OH excluding ortho intramolecular Hbond substituents is 2. The Morgan fingerprint density at radius 2 is 1.85 bits per heavy atom. The van der Waals surface area contributed by atoms with Gasteiger partial charge in [-0.25, -0.2) is 0 Å². The Bertz CT molecular complexity index is 623. The van der Waals surface area contributed by atoms with E-state index in [1.165, 1.54) is 12.1 Å². The van der Waals surface area contributed by atoms with Gasteiger partial charge in [0.15, 0.2) is 11.5 Å². The SMILES string of the molecule is Cc1ccccc1NC(=O)CCc1ccc(O)c(O)c1. The van der Waals surface area contributed by atoms with Crippen molar-refractivity contribution in [2.24, 2.45) is 0 Å². The van der Waals surface area contributed by atoms with Crippen molar-refractivity contribution in [2.45, 2.75) is 19.8 Å². The summed E-state index contributed by atoms with van der Waals surface area (Å²) in [6, 6.07) is 12.2. The van der Waals surface area contributed by atoms with E-state index in [2.05, 4.69) is 5.32 Å². The number of hydrogen-bond acceptors (Lipinski definition) is 3. The first-order chi connectivity index (χ1) is 9.56. The van der Waals surface area contributed by atoms with Gasteiger partial charge in [0.25, 0.3) is 0 Å². The Morgan fingerprint density at radius 3 is 2.55 bits per heavy atom. The number of phenols is 2. The van der Waals surface area contributed by atoms with Crippen LogP contribution < -0.4 is 5.32 Å². The van der Waals surface area contributed by atoms with Gasteiger partial charge in [-0.2, -0.15) is 0 Å². The zero-order valence-corrected chi connectivity index (χ0v) is 11.3. The van der Waals surface area contributed by atoms with Crippen LogP contribution >= 0.6 is 0 Å². The van der Waals surface area contributed by atoms with Gasteiger partial charge in [-0.3, -0.25) is 4.79 Å². The molecule has 3 N–H and O–H groups in total. The summed E-state index contributed by atoms with van der Waals surface area (Å²) in [5.74, 6) is -0.396. The molecule has 104 valence electrons. The van der Waals surface area contributed by atoms with Crippen LogP contribution in [0.5, 0.6) is 11.5 Å². The maximum Gasteiger partial charge on any atom is 0.224 e. The van der Waals surface area contributed by atoms with Crippen molar-refractivity contribution in [2.75, 3.05) is 5.32 Å². The summed E-state index contributed by atoms with van der Waals surface area (Å²) in [5, 5.41) is 21.5. The molecule has 4 nitrogen and oxygen atoms in total. The average molecular weight is 271 g/mol. The smallest absolute Gasteiger partial charge is 0.224 e. The highest BCUT2D eigenvalue weighted by molar-refractivity contribution is 5.91. The molecule has 0 saturated carbocycles. The van der Waals surface area contributed by atoms with E-state index in [9.17, 15) is 15.0 Å². The molecule has 2 aromatic rings. The second kappa shape index (κ2) is 6.10. The molecule has 4 heteroatoms. The van der Waals surface area contributed by atoms with Crippen molar-refractivity contribution in [3.63, 3.8) is 0 Å². The topological polar surface area (TPSA) is 69.6 Å². The fraction of sp³-hybridized carbons (Fsp3) is 0.188. The molecule has 0 bridgehead atoms. The van der Waals surface area contributed by atoms with Crippen LogP contribution in [0.2, 0.25) is 0 Å². The Kier molecular flexibility index (Phi) is 4.25. The van der Waals surface area contributed by atoms with E-state index in [4.69, 9.17) is 0 Å². The highest BCUT2D eigenvalue weighted by Gasteiger charge is 2.06. The van der Waals surface area contributed by atoms with Crippen LogP contribution in [0.4, 0.5) is 5.69 Å². The molecule has 0 heterocycles. The number of amides is 1. The fourth-order valence-corrected chi connectivity index (χ4v) is 1.91. The number of aromatic hydroxyl groups is 2. The first-order valence-electron chi connectivity index (χ1n) is 6.42. The molecular formula is C16H17NO3. The average Bonchev–Trinajstić information content (AvgIpc) is 2.43. The third kappa shape index (κ3) is 3.51. The summed E-state index contributed by atoms with van der Waals surface area (Å²) in [5.41, 5.74) is 2.63. The number of hydrogen-bond donors (Lipinski definition) is 3. The number of benzene rings is 2. The zero-order chi connectivity index (χ0) is 14.5. The summed E-state index contributed by atoms with van der Waals surface area (Å²) in [4.78, 5) is 11.9. The summed E-state index contributed by atoms with van der Waals surface area (Å²) < 4.78 is 0. The molecule has 0 fully saturated rings. The summed E-state index contributed by atoms with van der Waals surface area (Å²) in [6.07, 6.45) is 0.824. The van der Waals surface area contributed by atoms with Crippen LogP contribution in [0.15, 0.2) is 42.5 Å². The molecular weight excluding hydrogens is 254 g/mol. The van der Waals surface area contributed by atoms with Gasteiger partial charge in [0.1, 0.15) is 0 Å². The first kappa shape index (κ1) is 13.9. The fourth-order valence-electron chi connectivity index (χ4n) is 1.91. The van der Waals surface area contributed by atoms with E-state index in [-0.39, 0.29) is 17.4 Å². The molecule has 0 radical (unpaired) electrons. The first-order valence-corrected chi connectivity index (χ1v) is 6.42. The van der Waals surface area contributed by atoms with Gasteiger partial charge in [0, 0.05) is 12.1 Å². The van der Waals surface area contributed by atoms with E-state index in [0.717, 1.165) is 16.8 Å². The van der Waals surface area contributed by atoms with Gasteiger partial charge in [-0.05, 0) is 42.7 Å². The maximum absolute atomic E-state index is 11.9. The molecule has 20 heavy (non-hydrogen) atoms. The highest BCUT2D eigenvalue weighted by Crippen LogP contribution is 2.25. The Balaban J connectivity index is 1.92. The minimum absolute atomic E-state index is 0.0770. The second-order valence-electron chi connectivity index (χ2n) is 4.69. The molecule has 0 spiro atoms. The minimum atomic E-state index is -0.165. The third-order valence-electron chi connectivity index (χ3n) is 3.10. The third-order valence-corrected chi connectivity index (χ3v) is 3.10. The molecule has 2 aromatic carbocycles. The number of rotatable bonds is 4. The predicted octanol–water partition coefficient (Wildman–Crippen LogP) is 2.98. The maximum atomic E-state index is 11.9. The lowest BCUT2D eigenvalue weighted by molar-refractivity contribution is -0.116. The molecule has 0 aromatic heterocycles. The lowest BCUT2D eigenvalue weighted by atomic mass is 10.1. The number of para-hydroxylation sites is 1. The largest absolute Gasteiger partial charge is 0.504 e. The van der Waals surface area contributed by atoms with Gasteiger partial charge in [-0.15, -0.1) is 0 Å². The van der Waals surface area contributed by atoms with Crippen molar-refractivity contribution in [3.05, 3.63) is 53.6 Å². The van der Waals surface area contributed by atoms with Gasteiger partial charge in [0.05, 0.1) is 0 Å². The van der Waals surface area contributed by atoms with Gasteiger partial charge in [0.2, 0.25) is 5.91 Å². The molecule has 0 aliphatic heterocycles. The van der Waals surface area contributed by atoms with Crippen LogP contribution in [0.25, 0.3) is 0 Å². The second-order valence-corrected chi connectivity index (χ2v) is 4.69. The number of carbonyl (C=O) groups is 1. The summed E-state index contributed by atoms with van der Waals surface area (Å²) in [6.45, 7) is 1.94. The molecule has 2 rings (SSSR count). The van der Waals surface area contributed by atoms with Crippen LogP contribution in [-0.2, 0) is 11.2 Å². The van der Waals surface area contributed by atoms with E-state index in [1.54, 1.807) is 6.07 Å². The van der Waals surface area contributed by atoms with Gasteiger partial charge < -0.3 is 15.5 Å². The molecule has 0 aliphatic rings. The van der Waals surface area contributed by atoms with Crippen molar-refractivity contribution in [1.82, 2.24) is 0 Å². The van der Waals surface area contributed by atoms with E-state index >= 15 is 0 Å². The van der Waals surface area contributed by atoms with Crippen molar-refractivity contribution in [3.8, 4) is 11.5 Å². The molecule has 0 unspecified atom stereocenters. The number of aryl methyl sites for hydroxylation is 2. The Hall–Kier alpha value is -2.49. The van der Waals surface area contributed by atoms with Crippen LogP contribution in [0.3, 0.4) is 0 Å². The quantitative estimate of drug-likeness (QED) is 0.749. The molecule has 0 aliphatic carbocycles. The number of carbonyl (C=O) groups excluding carboxylic acids is 1. The van der Waals surface area contributed by atoms with Crippen LogP contribution in [-0.4, -0.2) is 16.1 Å². The van der Waals surface area contributed by atoms with Crippen molar-refractivity contribution < 1.29 is 15.0 Å².